The van der Waals surface area contributed by atoms with Crippen molar-refractivity contribution in [2.24, 2.45) is 0 Å². The molecule has 5 nitrogen and oxygen atoms in total. The summed E-state index contributed by atoms with van der Waals surface area (Å²) in [6.07, 6.45) is 6.62. The number of nitrogens with one attached hydrogen (secondary N) is 1. The number of fused-ring (bicyclic) bond motifs is 1. The molecule has 1 N–H and O–H groups in total. The predicted octanol–water partition coefficient (Wildman–Crippen LogP) is 4.77. The van der Waals surface area contributed by atoms with Gasteiger partial charge in [-0.15, -0.1) is 11.8 Å². The van der Waals surface area contributed by atoms with Crippen molar-refractivity contribution in [3.8, 4) is 0 Å². The van der Waals surface area contributed by atoms with Crippen LogP contribution in [0.1, 0.15) is 25.7 Å². The van der Waals surface area contributed by atoms with Crippen LogP contribution >= 0.6 is 11.8 Å². The molecule has 0 atom stereocenters. The van der Waals surface area contributed by atoms with Crippen molar-refractivity contribution in [2.75, 3.05) is 24.2 Å². The van der Waals surface area contributed by atoms with Gasteiger partial charge in [0.25, 0.3) is 0 Å². The van der Waals surface area contributed by atoms with Gasteiger partial charge in [-0.05, 0) is 31.0 Å². The molecule has 1 aliphatic heterocycles. The fraction of sp³-hybridized carbons (Fsp3) is 0.333. The molecule has 0 unspecified atom stereocenters. The highest BCUT2D eigenvalue weighted by atomic mass is 32.2. The van der Waals surface area contributed by atoms with E-state index in [9.17, 15) is 9.59 Å². The smallest absolute Gasteiger partial charge is 0.242 e. The third kappa shape index (κ3) is 5.05. The third-order valence-corrected chi connectivity index (χ3v) is 6.48. The van der Waals surface area contributed by atoms with Crippen molar-refractivity contribution >= 4 is 40.2 Å². The Morgan fingerprint density at radius 1 is 0.900 bits per heavy atom. The molecule has 156 valence electrons. The molecule has 2 amide bonds. The largest absolute Gasteiger partial charge is 0.341 e. The van der Waals surface area contributed by atoms with E-state index in [2.05, 4.69) is 11.4 Å². The van der Waals surface area contributed by atoms with E-state index in [-0.39, 0.29) is 11.8 Å². The van der Waals surface area contributed by atoms with Crippen molar-refractivity contribution in [3.05, 3.63) is 60.8 Å². The molecule has 0 aliphatic carbocycles. The van der Waals surface area contributed by atoms with E-state index in [4.69, 9.17) is 0 Å². The van der Waals surface area contributed by atoms with Gasteiger partial charge in [-0.2, -0.15) is 0 Å². The van der Waals surface area contributed by atoms with Crippen LogP contribution in [-0.4, -0.2) is 40.1 Å². The molecule has 30 heavy (non-hydrogen) atoms. The van der Waals surface area contributed by atoms with E-state index < -0.39 is 0 Å². The van der Waals surface area contributed by atoms with Crippen molar-refractivity contribution in [1.82, 2.24) is 9.47 Å². The standard InChI is InChI=1S/C24H27N3O2S/c28-23(25-19-10-4-3-5-11-19)18-30-22-16-27(21-13-7-6-12-20(21)22)17-24(29)26-14-8-1-2-9-15-26/h3-7,10-13,16H,1-2,8-9,14-15,17-18H2,(H,25,28). The number of benzene rings is 2. The lowest BCUT2D eigenvalue weighted by molar-refractivity contribution is -0.131. The maximum Gasteiger partial charge on any atom is 0.242 e. The normalized spacial score (nSPS) is 14.5. The third-order valence-electron chi connectivity index (χ3n) is 5.43. The molecule has 2 heterocycles. The molecule has 4 rings (SSSR count). The molecule has 1 aliphatic rings. The van der Waals surface area contributed by atoms with Crippen LogP contribution in [0.15, 0.2) is 65.7 Å². The minimum Gasteiger partial charge on any atom is -0.341 e. The van der Waals surface area contributed by atoms with Crippen molar-refractivity contribution in [1.29, 1.82) is 0 Å². The summed E-state index contributed by atoms with van der Waals surface area (Å²) in [6.45, 7) is 2.07. The molecule has 3 aromatic rings. The van der Waals surface area contributed by atoms with Crippen LogP contribution in [0.25, 0.3) is 10.9 Å². The molecule has 6 heteroatoms. The van der Waals surface area contributed by atoms with Crippen LogP contribution in [0, 0.1) is 0 Å². The number of amides is 2. The fourth-order valence-corrected chi connectivity index (χ4v) is 4.78. The van der Waals surface area contributed by atoms with Crippen LogP contribution in [-0.2, 0) is 16.1 Å². The summed E-state index contributed by atoms with van der Waals surface area (Å²) in [7, 11) is 0. The van der Waals surface area contributed by atoms with E-state index >= 15 is 0 Å². The summed E-state index contributed by atoms with van der Waals surface area (Å²) in [6, 6.07) is 17.6. The van der Waals surface area contributed by atoms with E-state index in [0.29, 0.717) is 12.3 Å². The predicted molar refractivity (Wildman–Crippen MR) is 123 cm³/mol. The monoisotopic (exact) mass is 421 g/mol. The highest BCUT2D eigenvalue weighted by Gasteiger charge is 2.18. The van der Waals surface area contributed by atoms with Gasteiger partial charge in [-0.25, -0.2) is 0 Å². The lowest BCUT2D eigenvalue weighted by atomic mass is 10.2. The van der Waals surface area contributed by atoms with E-state index in [1.54, 1.807) is 0 Å². The zero-order valence-corrected chi connectivity index (χ0v) is 17.9. The summed E-state index contributed by atoms with van der Waals surface area (Å²) in [5.41, 5.74) is 1.83. The Morgan fingerprint density at radius 3 is 2.37 bits per heavy atom. The molecule has 0 bridgehead atoms. The highest BCUT2D eigenvalue weighted by Crippen LogP contribution is 2.30. The molecule has 1 fully saturated rings. The van der Waals surface area contributed by atoms with Gasteiger partial charge in [0.1, 0.15) is 6.54 Å². The molecule has 0 radical (unpaired) electrons. The summed E-state index contributed by atoms with van der Waals surface area (Å²) >= 11 is 1.51. The van der Waals surface area contributed by atoms with Crippen LogP contribution in [0.4, 0.5) is 5.69 Å². The van der Waals surface area contributed by atoms with Crippen molar-refractivity contribution in [2.45, 2.75) is 37.1 Å². The molecule has 0 spiro atoms. The first kappa shape index (κ1) is 20.5. The molecule has 2 aromatic carbocycles. The van der Waals surface area contributed by atoms with Crippen molar-refractivity contribution in [3.63, 3.8) is 0 Å². The number of rotatable bonds is 6. The average molecular weight is 422 g/mol. The minimum atomic E-state index is -0.0383. The lowest BCUT2D eigenvalue weighted by Crippen LogP contribution is -2.34. The zero-order valence-electron chi connectivity index (χ0n) is 17.0. The maximum absolute atomic E-state index is 12.9. The van der Waals surface area contributed by atoms with Crippen LogP contribution in [0.2, 0.25) is 0 Å². The Labute approximate surface area is 181 Å². The number of likely N-dealkylation sites (tertiary alicyclic amines) is 1. The van der Waals surface area contributed by atoms with Gasteiger partial charge < -0.3 is 14.8 Å². The Kier molecular flexibility index (Phi) is 6.74. The molecule has 1 aromatic heterocycles. The number of thioether (sulfide) groups is 1. The Morgan fingerprint density at radius 2 is 1.60 bits per heavy atom. The second kappa shape index (κ2) is 9.85. The van der Waals surface area contributed by atoms with E-state index in [0.717, 1.165) is 47.4 Å². The minimum absolute atomic E-state index is 0.0383. The number of hydrogen-bond acceptors (Lipinski definition) is 3. The number of carbonyl (C=O) groups is 2. The van der Waals surface area contributed by atoms with Crippen LogP contribution in [0.3, 0.4) is 0 Å². The lowest BCUT2D eigenvalue weighted by Gasteiger charge is -2.20. The molecule has 0 saturated carbocycles. The van der Waals surface area contributed by atoms with Crippen molar-refractivity contribution < 1.29 is 9.59 Å². The Bertz CT molecular complexity index is 1010. The summed E-state index contributed by atoms with van der Waals surface area (Å²) in [5, 5.41) is 4.00. The van der Waals surface area contributed by atoms with Gasteiger partial charge in [0.05, 0.1) is 5.75 Å². The first-order valence-electron chi connectivity index (χ1n) is 10.5. The first-order valence-corrected chi connectivity index (χ1v) is 11.5. The number of carbonyl (C=O) groups excluding carboxylic acids is 2. The number of aromatic nitrogens is 1. The fourth-order valence-electron chi connectivity index (χ4n) is 3.89. The van der Waals surface area contributed by atoms with E-state index in [1.807, 2.05) is 64.2 Å². The van der Waals surface area contributed by atoms with Gasteiger partial charge in [-0.1, -0.05) is 49.2 Å². The van der Waals surface area contributed by atoms with Crippen LogP contribution in [0.5, 0.6) is 0 Å². The Hall–Kier alpha value is -2.73. The Balaban J connectivity index is 1.45. The number of para-hydroxylation sites is 2. The van der Waals surface area contributed by atoms with Gasteiger partial charge in [0.2, 0.25) is 11.8 Å². The number of anilines is 1. The van der Waals surface area contributed by atoms with Gasteiger partial charge in [0, 0.05) is 40.8 Å². The van der Waals surface area contributed by atoms with Gasteiger partial charge >= 0.3 is 0 Å². The maximum atomic E-state index is 12.9. The average Bonchev–Trinajstić information content (AvgIpc) is 2.93. The van der Waals surface area contributed by atoms with Gasteiger partial charge in [-0.3, -0.25) is 9.59 Å². The molecular formula is C24H27N3O2S. The van der Waals surface area contributed by atoms with E-state index in [1.165, 1.54) is 24.6 Å². The summed E-state index contributed by atoms with van der Waals surface area (Å²) in [4.78, 5) is 28.2. The van der Waals surface area contributed by atoms with Crippen LogP contribution < -0.4 is 5.32 Å². The second-order valence-electron chi connectivity index (χ2n) is 7.64. The summed E-state index contributed by atoms with van der Waals surface area (Å²) in [5.74, 6) is 0.461. The second-order valence-corrected chi connectivity index (χ2v) is 8.65. The number of nitrogens with zero attached hydrogens (tertiary/aromatic N) is 2. The summed E-state index contributed by atoms with van der Waals surface area (Å²) < 4.78 is 2.03. The topological polar surface area (TPSA) is 54.3 Å². The first-order chi connectivity index (χ1) is 14.7. The van der Waals surface area contributed by atoms with Gasteiger partial charge in [0.15, 0.2) is 0 Å². The SMILES string of the molecule is O=C(CSc1cn(CC(=O)N2CCCCCC2)c2ccccc12)Nc1ccccc1. The molecule has 1 saturated heterocycles. The zero-order chi connectivity index (χ0) is 20.8. The molecular weight excluding hydrogens is 394 g/mol. The highest BCUT2D eigenvalue weighted by molar-refractivity contribution is 8.00. The quantitative estimate of drug-likeness (QED) is 0.583. The number of hydrogen-bond donors (Lipinski definition) is 1.